The Labute approximate surface area is 104 Å². The SMILES string of the molecule is CCC(C)SCC(=O)c1cccc(Br)c1. The molecule has 1 unspecified atom stereocenters. The molecule has 82 valence electrons. The molecule has 0 spiro atoms. The first-order valence-electron chi connectivity index (χ1n) is 5.04. The van der Waals surface area contributed by atoms with Crippen LogP contribution in [-0.2, 0) is 0 Å². The van der Waals surface area contributed by atoms with Gasteiger partial charge in [0.05, 0.1) is 5.75 Å². The van der Waals surface area contributed by atoms with E-state index < -0.39 is 0 Å². The molecule has 1 rings (SSSR count). The van der Waals surface area contributed by atoms with Crippen LogP contribution in [0.25, 0.3) is 0 Å². The Morgan fingerprint density at radius 3 is 2.87 bits per heavy atom. The van der Waals surface area contributed by atoms with E-state index in [9.17, 15) is 4.79 Å². The summed E-state index contributed by atoms with van der Waals surface area (Å²) in [5, 5.41) is 0.557. The van der Waals surface area contributed by atoms with Crippen molar-refractivity contribution in [3.05, 3.63) is 34.3 Å². The van der Waals surface area contributed by atoms with E-state index in [2.05, 4.69) is 29.8 Å². The maximum atomic E-state index is 11.8. The van der Waals surface area contributed by atoms with E-state index in [1.54, 1.807) is 11.8 Å². The lowest BCUT2D eigenvalue weighted by molar-refractivity contribution is 0.102. The molecule has 0 radical (unpaired) electrons. The maximum absolute atomic E-state index is 11.8. The monoisotopic (exact) mass is 286 g/mol. The number of thioether (sulfide) groups is 1. The van der Waals surface area contributed by atoms with Gasteiger partial charge in [-0.1, -0.05) is 41.9 Å². The predicted octanol–water partition coefficient (Wildman–Crippen LogP) is 4.16. The zero-order valence-corrected chi connectivity index (χ0v) is 11.4. The Kier molecular flexibility index (Phi) is 5.40. The highest BCUT2D eigenvalue weighted by atomic mass is 79.9. The molecule has 1 atom stereocenters. The van der Waals surface area contributed by atoms with Crippen LogP contribution in [0.3, 0.4) is 0 Å². The molecule has 0 aliphatic heterocycles. The van der Waals surface area contributed by atoms with Gasteiger partial charge in [0.25, 0.3) is 0 Å². The number of carbonyl (C=O) groups is 1. The van der Waals surface area contributed by atoms with Gasteiger partial charge in [-0.3, -0.25) is 4.79 Å². The second-order valence-corrected chi connectivity index (χ2v) is 5.81. The van der Waals surface area contributed by atoms with Crippen molar-refractivity contribution in [1.82, 2.24) is 0 Å². The number of rotatable bonds is 5. The van der Waals surface area contributed by atoms with E-state index >= 15 is 0 Å². The van der Waals surface area contributed by atoms with Crippen LogP contribution < -0.4 is 0 Å². The molecule has 0 aliphatic rings. The molecule has 15 heavy (non-hydrogen) atoms. The minimum Gasteiger partial charge on any atom is -0.293 e. The van der Waals surface area contributed by atoms with E-state index in [-0.39, 0.29) is 5.78 Å². The number of hydrogen-bond donors (Lipinski definition) is 0. The van der Waals surface area contributed by atoms with Gasteiger partial charge in [-0.2, -0.15) is 11.8 Å². The third kappa shape index (κ3) is 4.39. The molecular formula is C12H15BrOS. The molecule has 0 aromatic heterocycles. The van der Waals surface area contributed by atoms with Crippen LogP contribution in [0.4, 0.5) is 0 Å². The molecule has 3 heteroatoms. The summed E-state index contributed by atoms with van der Waals surface area (Å²) >= 11 is 5.09. The van der Waals surface area contributed by atoms with Gasteiger partial charge in [-0.25, -0.2) is 0 Å². The van der Waals surface area contributed by atoms with Gasteiger partial charge in [0.15, 0.2) is 5.78 Å². The van der Waals surface area contributed by atoms with Gasteiger partial charge < -0.3 is 0 Å². The minimum atomic E-state index is 0.210. The van der Waals surface area contributed by atoms with Crippen molar-refractivity contribution in [3.63, 3.8) is 0 Å². The highest BCUT2D eigenvalue weighted by Crippen LogP contribution is 2.17. The van der Waals surface area contributed by atoms with E-state index in [4.69, 9.17) is 0 Å². The average Bonchev–Trinajstić information content (AvgIpc) is 2.25. The topological polar surface area (TPSA) is 17.1 Å². The van der Waals surface area contributed by atoms with Crippen LogP contribution in [0, 0.1) is 0 Å². The fourth-order valence-electron chi connectivity index (χ4n) is 1.08. The van der Waals surface area contributed by atoms with Crippen molar-refractivity contribution < 1.29 is 4.79 Å². The normalized spacial score (nSPS) is 12.5. The number of Topliss-reactive ketones (excluding diaryl/α,β-unsaturated/α-hetero) is 1. The van der Waals surface area contributed by atoms with Crippen LogP contribution in [-0.4, -0.2) is 16.8 Å². The summed E-state index contributed by atoms with van der Waals surface area (Å²) in [6.45, 7) is 4.29. The zero-order valence-electron chi connectivity index (χ0n) is 9.00. The molecule has 0 fully saturated rings. The summed E-state index contributed by atoms with van der Waals surface area (Å²) in [5.41, 5.74) is 0.792. The number of carbonyl (C=O) groups excluding carboxylic acids is 1. The molecule has 0 heterocycles. The van der Waals surface area contributed by atoms with Crippen molar-refractivity contribution in [1.29, 1.82) is 0 Å². The Bertz CT molecular complexity index is 338. The molecule has 0 aliphatic carbocycles. The van der Waals surface area contributed by atoms with Crippen molar-refractivity contribution in [2.45, 2.75) is 25.5 Å². The second kappa shape index (κ2) is 6.33. The Morgan fingerprint density at radius 1 is 1.53 bits per heavy atom. The van der Waals surface area contributed by atoms with Crippen LogP contribution in [0.1, 0.15) is 30.6 Å². The molecule has 1 aromatic rings. The molecule has 0 amide bonds. The summed E-state index contributed by atoms with van der Waals surface area (Å²) < 4.78 is 0.960. The lowest BCUT2D eigenvalue weighted by Gasteiger charge is -2.07. The summed E-state index contributed by atoms with van der Waals surface area (Å²) in [5.74, 6) is 0.785. The van der Waals surface area contributed by atoms with Gasteiger partial charge in [0, 0.05) is 15.3 Å². The highest BCUT2D eigenvalue weighted by molar-refractivity contribution is 9.10. The standard InChI is InChI=1S/C12H15BrOS/c1-3-9(2)15-8-12(14)10-5-4-6-11(13)7-10/h4-7,9H,3,8H2,1-2H3. The van der Waals surface area contributed by atoms with E-state index in [0.29, 0.717) is 11.0 Å². The summed E-state index contributed by atoms with van der Waals surface area (Å²) in [6.07, 6.45) is 1.11. The van der Waals surface area contributed by atoms with E-state index in [1.165, 1.54) is 0 Å². The van der Waals surface area contributed by atoms with Gasteiger partial charge in [-0.15, -0.1) is 0 Å². The van der Waals surface area contributed by atoms with Crippen molar-refractivity contribution >= 4 is 33.5 Å². The zero-order chi connectivity index (χ0) is 11.3. The molecule has 0 saturated carbocycles. The van der Waals surface area contributed by atoms with Crippen molar-refractivity contribution in [3.8, 4) is 0 Å². The number of benzene rings is 1. The lowest BCUT2D eigenvalue weighted by Crippen LogP contribution is -2.05. The number of ketones is 1. The fourth-order valence-corrected chi connectivity index (χ4v) is 2.32. The highest BCUT2D eigenvalue weighted by Gasteiger charge is 2.08. The number of hydrogen-bond acceptors (Lipinski definition) is 2. The predicted molar refractivity (Wildman–Crippen MR) is 70.7 cm³/mol. The van der Waals surface area contributed by atoms with E-state index in [0.717, 1.165) is 16.5 Å². The Morgan fingerprint density at radius 2 is 2.27 bits per heavy atom. The number of halogens is 1. The molecule has 1 nitrogen and oxygen atoms in total. The average molecular weight is 287 g/mol. The van der Waals surface area contributed by atoms with E-state index in [1.807, 2.05) is 24.3 Å². The smallest absolute Gasteiger partial charge is 0.172 e. The van der Waals surface area contributed by atoms with Crippen LogP contribution in [0.5, 0.6) is 0 Å². The summed E-state index contributed by atoms with van der Waals surface area (Å²) in [6, 6.07) is 7.56. The van der Waals surface area contributed by atoms with Crippen LogP contribution >= 0.6 is 27.7 Å². The molecule has 0 bridgehead atoms. The maximum Gasteiger partial charge on any atom is 0.172 e. The molecule has 1 aromatic carbocycles. The third-order valence-electron chi connectivity index (χ3n) is 2.22. The quantitative estimate of drug-likeness (QED) is 0.756. The summed E-state index contributed by atoms with van der Waals surface area (Å²) in [7, 11) is 0. The minimum absolute atomic E-state index is 0.210. The first-order chi connectivity index (χ1) is 7.13. The first-order valence-corrected chi connectivity index (χ1v) is 6.88. The molecule has 0 N–H and O–H groups in total. The third-order valence-corrected chi connectivity index (χ3v) is 4.04. The van der Waals surface area contributed by atoms with Gasteiger partial charge >= 0.3 is 0 Å². The van der Waals surface area contributed by atoms with Gasteiger partial charge in [0.2, 0.25) is 0 Å². The van der Waals surface area contributed by atoms with Crippen molar-refractivity contribution in [2.75, 3.05) is 5.75 Å². The van der Waals surface area contributed by atoms with Gasteiger partial charge in [0.1, 0.15) is 0 Å². The Hall–Kier alpha value is -0.280. The second-order valence-electron chi connectivity index (χ2n) is 3.46. The fraction of sp³-hybridized carbons (Fsp3) is 0.417. The molecular weight excluding hydrogens is 272 g/mol. The van der Waals surface area contributed by atoms with Crippen LogP contribution in [0.15, 0.2) is 28.7 Å². The Balaban J connectivity index is 2.54. The summed E-state index contributed by atoms with van der Waals surface area (Å²) in [4.78, 5) is 11.8. The molecule has 0 saturated heterocycles. The van der Waals surface area contributed by atoms with Crippen molar-refractivity contribution in [2.24, 2.45) is 0 Å². The largest absolute Gasteiger partial charge is 0.293 e. The van der Waals surface area contributed by atoms with Crippen LogP contribution in [0.2, 0.25) is 0 Å². The lowest BCUT2D eigenvalue weighted by atomic mass is 10.2. The van der Waals surface area contributed by atoms with Gasteiger partial charge in [-0.05, 0) is 18.6 Å². The first kappa shape index (κ1) is 12.8.